The lowest BCUT2D eigenvalue weighted by atomic mass is 9.92. The minimum absolute atomic E-state index is 0.197. The second-order valence-electron chi connectivity index (χ2n) is 3.44. The van der Waals surface area contributed by atoms with E-state index >= 15 is 0 Å². The summed E-state index contributed by atoms with van der Waals surface area (Å²) < 4.78 is 4.54. The van der Waals surface area contributed by atoms with E-state index in [-0.39, 0.29) is 18.0 Å². The number of hydrogen-bond donors (Lipinski definition) is 2. The number of esters is 1. The first-order valence-corrected chi connectivity index (χ1v) is 4.69. The molecule has 0 bridgehead atoms. The first-order chi connectivity index (χ1) is 6.24. The van der Waals surface area contributed by atoms with Crippen molar-refractivity contribution in [3.63, 3.8) is 0 Å². The minimum atomic E-state index is -0.258. The van der Waals surface area contributed by atoms with Crippen LogP contribution >= 0.6 is 0 Å². The number of nitrogens with one attached hydrogen (secondary N) is 1. The average molecular weight is 187 g/mol. The van der Waals surface area contributed by atoms with Crippen LogP contribution in [0, 0.1) is 5.92 Å². The van der Waals surface area contributed by atoms with Gasteiger partial charge in [0.1, 0.15) is 0 Å². The monoisotopic (exact) mass is 187 g/mol. The summed E-state index contributed by atoms with van der Waals surface area (Å²) in [5, 5.41) is 12.8. The molecule has 0 amide bonds. The zero-order valence-electron chi connectivity index (χ0n) is 7.95. The van der Waals surface area contributed by atoms with E-state index in [9.17, 15) is 9.90 Å². The third-order valence-electron chi connectivity index (χ3n) is 2.51. The average Bonchev–Trinajstić information content (AvgIpc) is 2.16. The molecule has 13 heavy (non-hydrogen) atoms. The largest absolute Gasteiger partial charge is 0.469 e. The Morgan fingerprint density at radius 1 is 1.69 bits per heavy atom. The second-order valence-corrected chi connectivity index (χ2v) is 3.44. The van der Waals surface area contributed by atoms with E-state index in [1.54, 1.807) is 0 Å². The van der Waals surface area contributed by atoms with Gasteiger partial charge in [0.25, 0.3) is 0 Å². The van der Waals surface area contributed by atoms with Crippen molar-refractivity contribution in [1.82, 2.24) is 5.32 Å². The summed E-state index contributed by atoms with van der Waals surface area (Å²) in [6.07, 6.45) is 1.64. The Kier molecular flexibility index (Phi) is 4.18. The predicted octanol–water partition coefficient (Wildman–Crippen LogP) is -0.0900. The van der Waals surface area contributed by atoms with Crippen molar-refractivity contribution in [3.8, 4) is 0 Å². The van der Waals surface area contributed by atoms with Crippen LogP contribution in [0.15, 0.2) is 0 Å². The molecule has 0 saturated carbocycles. The van der Waals surface area contributed by atoms with Crippen LogP contribution < -0.4 is 5.32 Å². The Morgan fingerprint density at radius 2 is 2.46 bits per heavy atom. The van der Waals surface area contributed by atoms with Gasteiger partial charge in [-0.2, -0.15) is 0 Å². The van der Waals surface area contributed by atoms with Crippen molar-refractivity contribution in [2.24, 2.45) is 5.92 Å². The lowest BCUT2D eigenvalue weighted by Gasteiger charge is -2.27. The molecule has 1 aliphatic rings. The molecule has 76 valence electrons. The SMILES string of the molecule is COC(=O)CC[C@H]1CNCC[C@@H]1O. The van der Waals surface area contributed by atoms with Gasteiger partial charge in [0.2, 0.25) is 0 Å². The molecular weight excluding hydrogens is 170 g/mol. The van der Waals surface area contributed by atoms with Crippen LogP contribution in [0.3, 0.4) is 0 Å². The van der Waals surface area contributed by atoms with E-state index in [4.69, 9.17) is 0 Å². The van der Waals surface area contributed by atoms with Crippen molar-refractivity contribution in [3.05, 3.63) is 0 Å². The fourth-order valence-electron chi connectivity index (χ4n) is 1.61. The van der Waals surface area contributed by atoms with Gasteiger partial charge in [0, 0.05) is 13.0 Å². The third kappa shape index (κ3) is 3.32. The Labute approximate surface area is 78.3 Å². The fraction of sp³-hybridized carbons (Fsp3) is 0.889. The molecule has 1 aliphatic heterocycles. The van der Waals surface area contributed by atoms with E-state index in [1.165, 1.54) is 7.11 Å². The molecule has 1 heterocycles. The van der Waals surface area contributed by atoms with Crippen LogP contribution in [0.1, 0.15) is 19.3 Å². The first kappa shape index (κ1) is 10.5. The standard InChI is InChI=1S/C9H17NO3/c1-13-9(12)3-2-7-6-10-5-4-8(7)11/h7-8,10-11H,2-6H2,1H3/t7-,8-/m0/s1. The maximum absolute atomic E-state index is 10.8. The number of ether oxygens (including phenoxy) is 1. The summed E-state index contributed by atoms with van der Waals surface area (Å²) in [5.74, 6) is 0.00521. The van der Waals surface area contributed by atoms with Crippen molar-refractivity contribution in [2.75, 3.05) is 20.2 Å². The highest BCUT2D eigenvalue weighted by Gasteiger charge is 2.23. The lowest BCUT2D eigenvalue weighted by Crippen LogP contribution is -2.40. The summed E-state index contributed by atoms with van der Waals surface area (Å²) in [4.78, 5) is 10.8. The van der Waals surface area contributed by atoms with Gasteiger partial charge < -0.3 is 15.2 Å². The zero-order chi connectivity index (χ0) is 9.68. The summed E-state index contributed by atoms with van der Waals surface area (Å²) in [5.41, 5.74) is 0. The predicted molar refractivity (Wildman–Crippen MR) is 48.2 cm³/mol. The van der Waals surface area contributed by atoms with E-state index in [1.807, 2.05) is 0 Å². The number of rotatable bonds is 3. The number of carbonyl (C=O) groups is 1. The van der Waals surface area contributed by atoms with Gasteiger partial charge in [-0.25, -0.2) is 0 Å². The van der Waals surface area contributed by atoms with Crippen molar-refractivity contribution >= 4 is 5.97 Å². The van der Waals surface area contributed by atoms with Gasteiger partial charge in [0.15, 0.2) is 0 Å². The molecule has 0 spiro atoms. The highest BCUT2D eigenvalue weighted by atomic mass is 16.5. The number of hydrogen-bond acceptors (Lipinski definition) is 4. The molecule has 2 N–H and O–H groups in total. The molecule has 0 aromatic carbocycles. The van der Waals surface area contributed by atoms with Gasteiger partial charge in [-0.15, -0.1) is 0 Å². The van der Waals surface area contributed by atoms with Crippen LogP contribution in [-0.4, -0.2) is 37.4 Å². The Hall–Kier alpha value is -0.610. The van der Waals surface area contributed by atoms with Gasteiger partial charge in [-0.1, -0.05) is 0 Å². The van der Waals surface area contributed by atoms with Gasteiger partial charge >= 0.3 is 5.97 Å². The molecule has 4 heteroatoms. The number of methoxy groups -OCH3 is 1. The van der Waals surface area contributed by atoms with Crippen LogP contribution in [0.5, 0.6) is 0 Å². The Bertz CT molecular complexity index is 172. The van der Waals surface area contributed by atoms with Gasteiger partial charge in [-0.3, -0.25) is 4.79 Å². The number of carbonyl (C=O) groups excluding carboxylic acids is 1. The molecule has 1 rings (SSSR count). The van der Waals surface area contributed by atoms with Crippen LogP contribution in [0.2, 0.25) is 0 Å². The maximum atomic E-state index is 10.8. The van der Waals surface area contributed by atoms with E-state index in [0.29, 0.717) is 12.8 Å². The van der Waals surface area contributed by atoms with Crippen LogP contribution in [-0.2, 0) is 9.53 Å². The summed E-state index contributed by atoms with van der Waals surface area (Å²) in [6.45, 7) is 1.67. The molecular formula is C9H17NO3. The molecule has 0 aromatic heterocycles. The molecule has 0 aliphatic carbocycles. The summed E-state index contributed by atoms with van der Waals surface area (Å²) >= 11 is 0. The fourth-order valence-corrected chi connectivity index (χ4v) is 1.61. The molecule has 0 unspecified atom stereocenters. The van der Waals surface area contributed by atoms with E-state index in [0.717, 1.165) is 19.5 Å². The Morgan fingerprint density at radius 3 is 3.08 bits per heavy atom. The van der Waals surface area contributed by atoms with E-state index < -0.39 is 0 Å². The van der Waals surface area contributed by atoms with Crippen LogP contribution in [0.4, 0.5) is 0 Å². The lowest BCUT2D eigenvalue weighted by molar-refractivity contribution is -0.141. The van der Waals surface area contributed by atoms with E-state index in [2.05, 4.69) is 10.1 Å². The molecule has 0 radical (unpaired) electrons. The quantitative estimate of drug-likeness (QED) is 0.606. The van der Waals surface area contributed by atoms with Crippen molar-refractivity contribution < 1.29 is 14.6 Å². The second kappa shape index (κ2) is 5.19. The normalized spacial score (nSPS) is 28.5. The zero-order valence-corrected chi connectivity index (χ0v) is 7.95. The molecule has 4 nitrogen and oxygen atoms in total. The van der Waals surface area contributed by atoms with Crippen molar-refractivity contribution in [2.45, 2.75) is 25.4 Å². The van der Waals surface area contributed by atoms with Gasteiger partial charge in [0.05, 0.1) is 13.2 Å². The summed E-state index contributed by atoms with van der Waals surface area (Å²) in [7, 11) is 1.39. The topological polar surface area (TPSA) is 58.6 Å². The number of aliphatic hydroxyl groups excluding tert-OH is 1. The minimum Gasteiger partial charge on any atom is -0.469 e. The third-order valence-corrected chi connectivity index (χ3v) is 2.51. The van der Waals surface area contributed by atoms with Crippen LogP contribution in [0.25, 0.3) is 0 Å². The molecule has 2 atom stereocenters. The smallest absolute Gasteiger partial charge is 0.305 e. The molecule has 1 saturated heterocycles. The highest BCUT2D eigenvalue weighted by Crippen LogP contribution is 2.16. The molecule has 1 fully saturated rings. The van der Waals surface area contributed by atoms with Gasteiger partial charge in [-0.05, 0) is 25.3 Å². The van der Waals surface area contributed by atoms with Crippen molar-refractivity contribution in [1.29, 1.82) is 0 Å². The first-order valence-electron chi connectivity index (χ1n) is 4.69. The Balaban J connectivity index is 2.22. The maximum Gasteiger partial charge on any atom is 0.305 e. The number of aliphatic hydroxyl groups is 1. The highest BCUT2D eigenvalue weighted by molar-refractivity contribution is 5.69. The summed E-state index contributed by atoms with van der Waals surface area (Å²) in [6, 6.07) is 0. The molecule has 0 aromatic rings. The number of piperidine rings is 1.